The molecule has 0 bridgehead atoms. The highest BCUT2D eigenvalue weighted by molar-refractivity contribution is 6.33. The van der Waals surface area contributed by atoms with Crippen LogP contribution in [0.4, 0.5) is 16.2 Å². The number of amides is 3. The lowest BCUT2D eigenvalue weighted by Gasteiger charge is -2.22. The van der Waals surface area contributed by atoms with E-state index in [0.29, 0.717) is 42.6 Å². The molecule has 1 aliphatic heterocycles. The van der Waals surface area contributed by atoms with Crippen molar-refractivity contribution in [2.45, 2.75) is 38.9 Å². The highest BCUT2D eigenvalue weighted by Crippen LogP contribution is 2.30. The molecule has 29 heavy (non-hydrogen) atoms. The Hall–Kier alpha value is -1.87. The number of urea groups is 1. The van der Waals surface area contributed by atoms with Crippen LogP contribution in [-0.2, 0) is 14.3 Å². The quantitative estimate of drug-likeness (QED) is 0.560. The van der Waals surface area contributed by atoms with Crippen molar-refractivity contribution in [2.75, 3.05) is 50.2 Å². The Morgan fingerprint density at radius 2 is 2.14 bits per heavy atom. The molecule has 1 fully saturated rings. The minimum atomic E-state index is -0.825. The zero-order chi connectivity index (χ0) is 21.4. The van der Waals surface area contributed by atoms with E-state index in [0.717, 1.165) is 6.42 Å². The van der Waals surface area contributed by atoms with Crippen molar-refractivity contribution >= 4 is 34.9 Å². The van der Waals surface area contributed by atoms with Crippen LogP contribution in [-0.4, -0.2) is 74.1 Å². The molecule has 2 rings (SSSR count). The van der Waals surface area contributed by atoms with Crippen LogP contribution >= 0.6 is 11.6 Å². The Kier molecular flexibility index (Phi) is 9.16. The SMILES string of the molecule is CC(C)OCCOCC(O)CN(C)C(=O)Nc1cc(N2CCCC2=O)ccc1Cl. The maximum atomic E-state index is 12.5. The Balaban J connectivity index is 1.83. The van der Waals surface area contributed by atoms with Gasteiger partial charge in [0.05, 0.1) is 49.3 Å². The normalized spacial score (nSPS) is 15.1. The molecule has 162 valence electrons. The minimum Gasteiger partial charge on any atom is -0.389 e. The van der Waals surface area contributed by atoms with Crippen LogP contribution in [0, 0.1) is 0 Å². The monoisotopic (exact) mass is 427 g/mol. The second kappa shape index (κ2) is 11.3. The molecule has 1 aromatic rings. The highest BCUT2D eigenvalue weighted by Gasteiger charge is 2.23. The molecule has 0 radical (unpaired) electrons. The number of hydrogen-bond donors (Lipinski definition) is 2. The topological polar surface area (TPSA) is 91.3 Å². The summed E-state index contributed by atoms with van der Waals surface area (Å²) in [5.41, 5.74) is 1.11. The van der Waals surface area contributed by atoms with E-state index in [9.17, 15) is 14.7 Å². The number of nitrogens with one attached hydrogen (secondary N) is 1. The zero-order valence-corrected chi connectivity index (χ0v) is 17.9. The number of halogens is 1. The van der Waals surface area contributed by atoms with Gasteiger partial charge >= 0.3 is 6.03 Å². The second-order valence-corrected chi connectivity index (χ2v) is 7.68. The average Bonchev–Trinajstić information content (AvgIpc) is 3.08. The van der Waals surface area contributed by atoms with E-state index >= 15 is 0 Å². The van der Waals surface area contributed by atoms with Gasteiger partial charge in [0.15, 0.2) is 0 Å². The maximum absolute atomic E-state index is 12.5. The molecule has 3 amide bonds. The summed E-state index contributed by atoms with van der Waals surface area (Å²) < 4.78 is 10.7. The smallest absolute Gasteiger partial charge is 0.321 e. The molecular weight excluding hydrogens is 398 g/mol. The molecular formula is C20H30ClN3O5. The third-order valence-corrected chi connectivity index (χ3v) is 4.73. The van der Waals surface area contributed by atoms with Crippen molar-refractivity contribution in [3.05, 3.63) is 23.2 Å². The predicted octanol–water partition coefficient (Wildman–Crippen LogP) is 2.73. The van der Waals surface area contributed by atoms with E-state index in [1.54, 1.807) is 30.1 Å². The van der Waals surface area contributed by atoms with Crippen molar-refractivity contribution in [2.24, 2.45) is 0 Å². The van der Waals surface area contributed by atoms with Gasteiger partial charge in [-0.05, 0) is 38.5 Å². The highest BCUT2D eigenvalue weighted by atomic mass is 35.5. The van der Waals surface area contributed by atoms with Gasteiger partial charge in [-0.2, -0.15) is 0 Å². The van der Waals surface area contributed by atoms with Gasteiger partial charge in [-0.3, -0.25) is 4.79 Å². The molecule has 2 N–H and O–H groups in total. The first-order valence-electron chi connectivity index (χ1n) is 9.77. The van der Waals surface area contributed by atoms with Gasteiger partial charge in [0.1, 0.15) is 0 Å². The Labute approximate surface area is 176 Å². The first-order valence-corrected chi connectivity index (χ1v) is 10.1. The zero-order valence-electron chi connectivity index (χ0n) is 17.2. The van der Waals surface area contributed by atoms with Crippen LogP contribution in [0.3, 0.4) is 0 Å². The minimum absolute atomic E-state index is 0.0589. The number of hydrogen-bond acceptors (Lipinski definition) is 5. The fraction of sp³-hybridized carbons (Fsp3) is 0.600. The molecule has 0 saturated carbocycles. The number of nitrogens with zero attached hydrogens (tertiary/aromatic N) is 2. The summed E-state index contributed by atoms with van der Waals surface area (Å²) in [4.78, 5) is 27.4. The van der Waals surface area contributed by atoms with Gasteiger partial charge in [-0.15, -0.1) is 0 Å². The number of ether oxygens (including phenoxy) is 2. The second-order valence-electron chi connectivity index (χ2n) is 7.27. The number of aliphatic hydroxyl groups is 1. The predicted molar refractivity (Wildman–Crippen MR) is 113 cm³/mol. The summed E-state index contributed by atoms with van der Waals surface area (Å²) in [6.45, 7) is 5.56. The molecule has 8 nitrogen and oxygen atoms in total. The molecule has 1 aliphatic rings. The number of likely N-dealkylation sites (N-methyl/N-ethyl adjacent to an activating group) is 1. The summed E-state index contributed by atoms with van der Waals surface area (Å²) in [5.74, 6) is 0.0589. The molecule has 1 unspecified atom stereocenters. The fourth-order valence-electron chi connectivity index (χ4n) is 2.92. The van der Waals surface area contributed by atoms with E-state index < -0.39 is 12.1 Å². The number of carbonyl (C=O) groups is 2. The number of rotatable bonds is 10. The molecule has 1 aromatic carbocycles. The van der Waals surface area contributed by atoms with Crippen LogP contribution in [0.5, 0.6) is 0 Å². The van der Waals surface area contributed by atoms with Gasteiger partial charge in [0.2, 0.25) is 5.91 Å². The van der Waals surface area contributed by atoms with Crippen molar-refractivity contribution in [1.82, 2.24) is 4.90 Å². The Morgan fingerprint density at radius 3 is 2.79 bits per heavy atom. The van der Waals surface area contributed by atoms with Crippen molar-refractivity contribution in [1.29, 1.82) is 0 Å². The van der Waals surface area contributed by atoms with Crippen LogP contribution < -0.4 is 10.2 Å². The van der Waals surface area contributed by atoms with Crippen LogP contribution in [0.15, 0.2) is 18.2 Å². The molecule has 1 atom stereocenters. The molecule has 0 aromatic heterocycles. The van der Waals surface area contributed by atoms with Crippen molar-refractivity contribution < 1.29 is 24.2 Å². The van der Waals surface area contributed by atoms with E-state index in [4.69, 9.17) is 21.1 Å². The van der Waals surface area contributed by atoms with E-state index in [1.165, 1.54) is 4.90 Å². The lowest BCUT2D eigenvalue weighted by atomic mass is 10.2. The van der Waals surface area contributed by atoms with E-state index in [2.05, 4.69) is 5.32 Å². The first-order chi connectivity index (χ1) is 13.8. The summed E-state index contributed by atoms with van der Waals surface area (Å²) in [6.07, 6.45) is 0.646. The third-order valence-electron chi connectivity index (χ3n) is 4.40. The largest absolute Gasteiger partial charge is 0.389 e. The number of carbonyl (C=O) groups excluding carboxylic acids is 2. The number of anilines is 2. The Morgan fingerprint density at radius 1 is 1.38 bits per heavy atom. The molecule has 9 heteroatoms. The van der Waals surface area contributed by atoms with Crippen molar-refractivity contribution in [3.8, 4) is 0 Å². The van der Waals surface area contributed by atoms with Gasteiger partial charge in [0.25, 0.3) is 0 Å². The van der Waals surface area contributed by atoms with Gasteiger partial charge in [0, 0.05) is 25.7 Å². The molecule has 0 aliphatic carbocycles. The summed E-state index contributed by atoms with van der Waals surface area (Å²) in [7, 11) is 1.57. The average molecular weight is 428 g/mol. The van der Waals surface area contributed by atoms with Crippen LogP contribution in [0.2, 0.25) is 5.02 Å². The molecule has 1 saturated heterocycles. The lowest BCUT2D eigenvalue weighted by Crippen LogP contribution is -2.39. The number of benzene rings is 1. The third kappa shape index (κ3) is 7.47. The fourth-order valence-corrected chi connectivity index (χ4v) is 3.09. The van der Waals surface area contributed by atoms with E-state index in [1.807, 2.05) is 13.8 Å². The van der Waals surface area contributed by atoms with Gasteiger partial charge in [-0.1, -0.05) is 11.6 Å². The van der Waals surface area contributed by atoms with Gasteiger partial charge in [-0.25, -0.2) is 4.79 Å². The first kappa shape index (κ1) is 23.4. The van der Waals surface area contributed by atoms with E-state index in [-0.39, 0.29) is 25.2 Å². The Bertz CT molecular complexity index is 701. The van der Waals surface area contributed by atoms with Crippen molar-refractivity contribution in [3.63, 3.8) is 0 Å². The summed E-state index contributed by atoms with van der Waals surface area (Å²) in [6, 6.07) is 4.68. The van der Waals surface area contributed by atoms with Gasteiger partial charge < -0.3 is 29.7 Å². The summed E-state index contributed by atoms with van der Waals surface area (Å²) >= 11 is 6.20. The lowest BCUT2D eigenvalue weighted by molar-refractivity contribution is -0.117. The molecule has 1 heterocycles. The van der Waals surface area contributed by atoms with Crippen LogP contribution in [0.25, 0.3) is 0 Å². The number of aliphatic hydroxyl groups excluding tert-OH is 1. The maximum Gasteiger partial charge on any atom is 0.321 e. The van der Waals surface area contributed by atoms with Crippen LogP contribution in [0.1, 0.15) is 26.7 Å². The summed E-state index contributed by atoms with van der Waals surface area (Å²) in [5, 5.41) is 13.2. The standard InChI is InChI=1S/C20H30ClN3O5/c1-14(2)29-10-9-28-13-16(25)12-23(3)20(27)22-18-11-15(6-7-17(18)21)24-8-4-5-19(24)26/h6-7,11,14,16,25H,4-5,8-10,12-13H2,1-3H3,(H,22,27). The molecule has 0 spiro atoms.